The Hall–Kier alpha value is -3.55. The molecule has 0 radical (unpaired) electrons. The molecular weight excluding hydrogens is 420 g/mol. The molecule has 1 aliphatic rings. The molecule has 0 atom stereocenters. The summed E-state index contributed by atoms with van der Waals surface area (Å²) in [5.41, 5.74) is 2.07. The van der Waals surface area contributed by atoms with Crippen LogP contribution in [-0.2, 0) is 0 Å². The van der Waals surface area contributed by atoms with Crippen molar-refractivity contribution in [1.29, 1.82) is 0 Å². The molecule has 1 amide bonds. The lowest BCUT2D eigenvalue weighted by atomic mass is 10.1. The normalized spacial score (nSPS) is 13.4. The topological polar surface area (TPSA) is 84.8 Å². The molecule has 1 aliphatic carbocycles. The lowest BCUT2D eigenvalue weighted by molar-refractivity contribution is 0.0966. The molecule has 0 saturated carbocycles. The van der Waals surface area contributed by atoms with E-state index in [2.05, 4.69) is 34.1 Å². The summed E-state index contributed by atoms with van der Waals surface area (Å²) < 4.78 is 16.0. The Morgan fingerprint density at radius 2 is 1.85 bits per heavy atom. The predicted molar refractivity (Wildman–Crippen MR) is 133 cm³/mol. The summed E-state index contributed by atoms with van der Waals surface area (Å²) in [7, 11) is 6.55. The molecule has 0 spiro atoms. The van der Waals surface area contributed by atoms with E-state index in [-0.39, 0.29) is 5.91 Å². The van der Waals surface area contributed by atoms with Gasteiger partial charge in [0, 0.05) is 37.1 Å². The fraction of sp³-hybridized carbons (Fsp3) is 0.400. The van der Waals surface area contributed by atoms with Gasteiger partial charge in [-0.2, -0.15) is 5.10 Å². The van der Waals surface area contributed by atoms with Gasteiger partial charge in [0.25, 0.3) is 5.91 Å². The number of ether oxygens (including phenoxy) is 3. The van der Waals surface area contributed by atoms with E-state index in [0.717, 1.165) is 37.2 Å². The number of unbranched alkanes of at least 4 members (excludes halogenated alkanes) is 2. The molecule has 8 nitrogen and oxygen atoms in total. The van der Waals surface area contributed by atoms with Crippen LogP contribution in [0, 0.1) is 0 Å². The van der Waals surface area contributed by atoms with Crippen LogP contribution in [0.2, 0.25) is 0 Å². The number of nitrogens with one attached hydrogen (secondary N) is 1. The van der Waals surface area contributed by atoms with Crippen LogP contribution in [-0.4, -0.2) is 58.3 Å². The third-order valence-electron chi connectivity index (χ3n) is 5.21. The minimum atomic E-state index is -0.285. The molecule has 0 aromatic heterocycles. The van der Waals surface area contributed by atoms with E-state index < -0.39 is 0 Å². The molecular formula is C25H34N4O4. The monoisotopic (exact) mass is 454 g/mol. The Labute approximate surface area is 196 Å². The number of nitrogens with zero attached hydrogens (tertiary/aromatic N) is 3. The molecule has 0 aliphatic heterocycles. The number of benzene rings is 1. The lowest BCUT2D eigenvalue weighted by Gasteiger charge is -2.21. The average Bonchev–Trinajstić information content (AvgIpc) is 3.06. The summed E-state index contributed by atoms with van der Waals surface area (Å²) in [4.78, 5) is 15.0. The van der Waals surface area contributed by atoms with Crippen LogP contribution in [0.4, 0.5) is 0 Å². The van der Waals surface area contributed by atoms with Gasteiger partial charge in [-0.25, -0.2) is 0 Å². The van der Waals surface area contributed by atoms with Crippen molar-refractivity contribution in [3.8, 4) is 17.2 Å². The number of hydrogen-bond donors (Lipinski definition) is 1. The van der Waals surface area contributed by atoms with Gasteiger partial charge in [0.15, 0.2) is 17.3 Å². The second-order valence-corrected chi connectivity index (χ2v) is 7.48. The van der Waals surface area contributed by atoms with Gasteiger partial charge in [-0.15, -0.1) is 5.10 Å². The first-order valence-corrected chi connectivity index (χ1v) is 10.9. The maximum absolute atomic E-state index is 12.9. The van der Waals surface area contributed by atoms with Crippen LogP contribution in [0.25, 0.3) is 0 Å². The SMILES string of the molecule is C=N/N=C(/C1=CC=CC(NC(=O)c2cc(OC)c(OC)c(OC)c2)=CC1)N(C)CCCCC. The van der Waals surface area contributed by atoms with Crippen molar-refractivity contribution in [2.75, 3.05) is 34.9 Å². The van der Waals surface area contributed by atoms with Crippen molar-refractivity contribution in [3.05, 3.63) is 53.3 Å². The van der Waals surface area contributed by atoms with Crippen molar-refractivity contribution >= 4 is 18.5 Å². The Morgan fingerprint density at radius 1 is 1.15 bits per heavy atom. The first-order chi connectivity index (χ1) is 16.0. The van der Waals surface area contributed by atoms with Crippen LogP contribution < -0.4 is 19.5 Å². The van der Waals surface area contributed by atoms with E-state index in [4.69, 9.17) is 14.2 Å². The summed E-state index contributed by atoms with van der Waals surface area (Å²) >= 11 is 0. The summed E-state index contributed by atoms with van der Waals surface area (Å²) in [6.45, 7) is 6.58. The molecule has 0 unspecified atom stereocenters. The zero-order chi connectivity index (χ0) is 24.2. The van der Waals surface area contributed by atoms with Gasteiger partial charge in [-0.3, -0.25) is 4.79 Å². The van der Waals surface area contributed by atoms with Crippen LogP contribution in [0.1, 0.15) is 43.0 Å². The first kappa shape index (κ1) is 25.7. The van der Waals surface area contributed by atoms with Crippen molar-refractivity contribution < 1.29 is 19.0 Å². The van der Waals surface area contributed by atoms with Gasteiger partial charge in [0.05, 0.1) is 21.3 Å². The summed E-state index contributed by atoms with van der Waals surface area (Å²) in [5, 5.41) is 10.9. The lowest BCUT2D eigenvalue weighted by Crippen LogP contribution is -2.29. The first-order valence-electron chi connectivity index (χ1n) is 10.9. The highest BCUT2D eigenvalue weighted by Gasteiger charge is 2.18. The highest BCUT2D eigenvalue weighted by atomic mass is 16.5. The fourth-order valence-electron chi connectivity index (χ4n) is 3.46. The van der Waals surface area contributed by atoms with E-state index in [1.165, 1.54) is 21.3 Å². The number of likely N-dealkylation sites (N-methyl/N-ethyl adjacent to an activating group) is 1. The molecule has 33 heavy (non-hydrogen) atoms. The molecule has 0 fully saturated rings. The van der Waals surface area contributed by atoms with Gasteiger partial charge < -0.3 is 24.4 Å². The smallest absolute Gasteiger partial charge is 0.255 e. The zero-order valence-electron chi connectivity index (χ0n) is 20.2. The number of amides is 1. The summed E-state index contributed by atoms with van der Waals surface area (Å²) in [6.07, 6.45) is 11.7. The van der Waals surface area contributed by atoms with Crippen LogP contribution in [0.5, 0.6) is 17.2 Å². The number of hydrogen-bond acceptors (Lipinski definition) is 6. The van der Waals surface area contributed by atoms with Crippen molar-refractivity contribution in [3.63, 3.8) is 0 Å². The van der Waals surface area contributed by atoms with Gasteiger partial charge in [0.1, 0.15) is 0 Å². The van der Waals surface area contributed by atoms with E-state index in [9.17, 15) is 4.79 Å². The second-order valence-electron chi connectivity index (χ2n) is 7.48. The molecule has 1 aromatic rings. The van der Waals surface area contributed by atoms with Crippen LogP contribution in [0.15, 0.2) is 57.9 Å². The predicted octanol–water partition coefficient (Wildman–Crippen LogP) is 4.35. The minimum Gasteiger partial charge on any atom is -0.493 e. The van der Waals surface area contributed by atoms with E-state index >= 15 is 0 Å². The van der Waals surface area contributed by atoms with Crippen molar-refractivity contribution in [1.82, 2.24) is 10.2 Å². The largest absolute Gasteiger partial charge is 0.493 e. The number of amidine groups is 1. The van der Waals surface area contributed by atoms with Crippen molar-refractivity contribution in [2.45, 2.75) is 32.6 Å². The highest BCUT2D eigenvalue weighted by molar-refractivity contribution is 5.99. The molecule has 2 rings (SSSR count). The van der Waals surface area contributed by atoms with Gasteiger partial charge >= 0.3 is 0 Å². The molecule has 1 N–H and O–H groups in total. The number of methoxy groups -OCH3 is 3. The fourth-order valence-corrected chi connectivity index (χ4v) is 3.46. The molecule has 1 aromatic carbocycles. The number of carbonyl (C=O) groups excluding carboxylic acids is 1. The van der Waals surface area contributed by atoms with E-state index in [1.807, 2.05) is 31.4 Å². The molecule has 178 valence electrons. The quantitative estimate of drug-likeness (QED) is 0.233. The van der Waals surface area contributed by atoms with Gasteiger partial charge in [-0.1, -0.05) is 38.0 Å². The molecule has 0 heterocycles. The Balaban J connectivity index is 2.16. The Morgan fingerprint density at radius 3 is 2.42 bits per heavy atom. The summed E-state index contributed by atoms with van der Waals surface area (Å²) in [6, 6.07) is 3.24. The number of rotatable bonds is 11. The number of allylic oxidation sites excluding steroid dienone is 4. The van der Waals surface area contributed by atoms with Crippen LogP contribution in [0.3, 0.4) is 0 Å². The third-order valence-corrected chi connectivity index (χ3v) is 5.21. The van der Waals surface area contributed by atoms with Gasteiger partial charge in [0.2, 0.25) is 5.75 Å². The van der Waals surface area contributed by atoms with Gasteiger partial charge in [-0.05, 0) is 31.1 Å². The van der Waals surface area contributed by atoms with Crippen LogP contribution >= 0.6 is 0 Å². The maximum atomic E-state index is 12.9. The third kappa shape index (κ3) is 6.97. The maximum Gasteiger partial charge on any atom is 0.255 e. The van der Waals surface area contributed by atoms with Crippen molar-refractivity contribution in [2.24, 2.45) is 10.2 Å². The Bertz CT molecular complexity index is 938. The zero-order valence-corrected chi connectivity index (χ0v) is 20.2. The minimum absolute atomic E-state index is 0.285. The second kappa shape index (κ2) is 13.1. The molecule has 0 saturated heterocycles. The number of carbonyl (C=O) groups is 1. The standard InChI is InChI=1S/C25H34N4O4/c1-7-8-9-15-29(3)24(28-26-2)18-11-10-12-20(14-13-18)27-25(30)19-16-21(31-4)23(33-6)22(17-19)32-5/h10-12,14,16-17H,2,7-9,13,15H2,1,3-6H3,(H,27,30)/b28-24-. The summed E-state index contributed by atoms with van der Waals surface area (Å²) in [5.74, 6) is 1.76. The average molecular weight is 455 g/mol. The highest BCUT2D eigenvalue weighted by Crippen LogP contribution is 2.38. The van der Waals surface area contributed by atoms with E-state index in [0.29, 0.717) is 34.9 Å². The molecule has 8 heteroatoms. The van der Waals surface area contributed by atoms with E-state index in [1.54, 1.807) is 12.1 Å². The molecule has 0 bridgehead atoms. The Kier molecular flexibility index (Phi) is 10.2.